The minimum Gasteiger partial charge on any atom is -0.478 e. The molecule has 0 saturated carbocycles. The molecule has 18 heavy (non-hydrogen) atoms. The number of aliphatic carboxylic acids is 1. The Hall–Kier alpha value is -2.10. The SMILES string of the molecule is CC(C)C=C(Cc1ccc(C(N)=O)cc1)C(=O)O. The predicted octanol–water partition coefficient (Wildman–Crippen LogP) is 2.00. The molecular formula is C14H17NO3. The number of amides is 1. The van der Waals surface area contributed by atoms with Gasteiger partial charge in [0.25, 0.3) is 0 Å². The lowest BCUT2D eigenvalue weighted by molar-refractivity contribution is -0.132. The summed E-state index contributed by atoms with van der Waals surface area (Å²) >= 11 is 0. The molecule has 0 saturated heterocycles. The molecule has 0 bridgehead atoms. The molecule has 0 heterocycles. The molecule has 1 amide bonds. The number of primary amides is 1. The molecule has 0 radical (unpaired) electrons. The lowest BCUT2D eigenvalue weighted by atomic mass is 10.0. The number of rotatable bonds is 5. The third-order valence-electron chi connectivity index (χ3n) is 2.44. The number of benzene rings is 1. The summed E-state index contributed by atoms with van der Waals surface area (Å²) in [5.41, 5.74) is 6.75. The normalized spacial score (nSPS) is 11.6. The van der Waals surface area contributed by atoms with E-state index < -0.39 is 11.9 Å². The van der Waals surface area contributed by atoms with Crippen LogP contribution >= 0.6 is 0 Å². The van der Waals surface area contributed by atoms with Gasteiger partial charge in [-0.25, -0.2) is 4.79 Å². The smallest absolute Gasteiger partial charge is 0.331 e. The zero-order valence-corrected chi connectivity index (χ0v) is 10.5. The highest BCUT2D eigenvalue weighted by atomic mass is 16.4. The minimum atomic E-state index is -0.914. The molecule has 0 aliphatic heterocycles. The van der Waals surface area contributed by atoms with Gasteiger partial charge in [0.05, 0.1) is 0 Å². The second kappa shape index (κ2) is 6.00. The first-order valence-corrected chi connectivity index (χ1v) is 5.73. The predicted molar refractivity (Wildman–Crippen MR) is 69.2 cm³/mol. The van der Waals surface area contributed by atoms with Gasteiger partial charge in [-0.1, -0.05) is 32.1 Å². The summed E-state index contributed by atoms with van der Waals surface area (Å²) in [4.78, 5) is 22.0. The first kappa shape index (κ1) is 14.0. The Morgan fingerprint density at radius 2 is 1.83 bits per heavy atom. The Balaban J connectivity index is 2.88. The molecule has 1 aromatic carbocycles. The van der Waals surface area contributed by atoms with Gasteiger partial charge in [0.15, 0.2) is 0 Å². The van der Waals surface area contributed by atoms with E-state index in [4.69, 9.17) is 10.8 Å². The third-order valence-corrected chi connectivity index (χ3v) is 2.44. The molecule has 1 rings (SSSR count). The highest BCUT2D eigenvalue weighted by molar-refractivity contribution is 5.92. The van der Waals surface area contributed by atoms with Gasteiger partial charge < -0.3 is 10.8 Å². The summed E-state index contributed by atoms with van der Waals surface area (Å²) in [7, 11) is 0. The number of carboxylic acids is 1. The van der Waals surface area contributed by atoms with Gasteiger partial charge in [0, 0.05) is 17.6 Å². The van der Waals surface area contributed by atoms with Crippen molar-refractivity contribution in [2.24, 2.45) is 11.7 Å². The van der Waals surface area contributed by atoms with Crippen molar-refractivity contribution < 1.29 is 14.7 Å². The van der Waals surface area contributed by atoms with Crippen LogP contribution in [0.3, 0.4) is 0 Å². The van der Waals surface area contributed by atoms with E-state index in [1.54, 1.807) is 30.3 Å². The molecule has 4 nitrogen and oxygen atoms in total. The summed E-state index contributed by atoms with van der Waals surface area (Å²) in [6.45, 7) is 3.86. The van der Waals surface area contributed by atoms with E-state index >= 15 is 0 Å². The van der Waals surface area contributed by atoms with Crippen molar-refractivity contribution in [1.82, 2.24) is 0 Å². The number of carbonyl (C=O) groups excluding carboxylic acids is 1. The topological polar surface area (TPSA) is 80.4 Å². The maximum Gasteiger partial charge on any atom is 0.331 e. The van der Waals surface area contributed by atoms with Crippen LogP contribution < -0.4 is 5.73 Å². The molecule has 96 valence electrons. The van der Waals surface area contributed by atoms with Crippen LogP contribution in [0.5, 0.6) is 0 Å². The van der Waals surface area contributed by atoms with Crippen molar-refractivity contribution in [2.45, 2.75) is 20.3 Å². The number of carboxylic acid groups (broad SMARTS) is 1. The molecule has 0 atom stereocenters. The number of hydrogen-bond donors (Lipinski definition) is 2. The molecule has 0 aliphatic carbocycles. The zero-order valence-electron chi connectivity index (χ0n) is 10.5. The lowest BCUT2D eigenvalue weighted by Gasteiger charge is -2.05. The van der Waals surface area contributed by atoms with E-state index in [0.29, 0.717) is 17.6 Å². The summed E-state index contributed by atoms with van der Waals surface area (Å²) in [6, 6.07) is 6.65. The second-order valence-electron chi connectivity index (χ2n) is 4.48. The molecule has 0 aromatic heterocycles. The van der Waals surface area contributed by atoms with Crippen LogP contribution in [-0.2, 0) is 11.2 Å². The van der Waals surface area contributed by atoms with Crippen molar-refractivity contribution >= 4 is 11.9 Å². The number of carbonyl (C=O) groups is 2. The van der Waals surface area contributed by atoms with Crippen molar-refractivity contribution in [2.75, 3.05) is 0 Å². The largest absolute Gasteiger partial charge is 0.478 e. The fraction of sp³-hybridized carbons (Fsp3) is 0.286. The quantitative estimate of drug-likeness (QED) is 0.781. The van der Waals surface area contributed by atoms with Crippen LogP contribution in [0.1, 0.15) is 29.8 Å². The van der Waals surface area contributed by atoms with Crippen LogP contribution in [-0.4, -0.2) is 17.0 Å². The van der Waals surface area contributed by atoms with Crippen molar-refractivity contribution in [3.63, 3.8) is 0 Å². The van der Waals surface area contributed by atoms with Crippen LogP contribution in [0.25, 0.3) is 0 Å². The molecular weight excluding hydrogens is 230 g/mol. The van der Waals surface area contributed by atoms with E-state index in [1.165, 1.54) is 0 Å². The van der Waals surface area contributed by atoms with Crippen molar-refractivity contribution in [1.29, 1.82) is 0 Å². The molecule has 0 unspecified atom stereocenters. The van der Waals surface area contributed by atoms with Crippen LogP contribution in [0.4, 0.5) is 0 Å². The Morgan fingerprint density at radius 3 is 2.22 bits per heavy atom. The average Bonchev–Trinajstić information content (AvgIpc) is 2.28. The number of allylic oxidation sites excluding steroid dienone is 1. The third kappa shape index (κ3) is 4.05. The van der Waals surface area contributed by atoms with Gasteiger partial charge in [0.1, 0.15) is 0 Å². The highest BCUT2D eigenvalue weighted by Gasteiger charge is 2.09. The van der Waals surface area contributed by atoms with Crippen molar-refractivity contribution in [3.05, 3.63) is 47.0 Å². The summed E-state index contributed by atoms with van der Waals surface area (Å²) in [6.07, 6.45) is 2.07. The Bertz CT molecular complexity index is 472. The first-order chi connectivity index (χ1) is 8.40. The van der Waals surface area contributed by atoms with Crippen molar-refractivity contribution in [3.8, 4) is 0 Å². The summed E-state index contributed by atoms with van der Waals surface area (Å²) < 4.78 is 0. The molecule has 1 aromatic rings. The van der Waals surface area contributed by atoms with E-state index in [9.17, 15) is 9.59 Å². The van der Waals surface area contributed by atoms with Gasteiger partial charge in [-0.15, -0.1) is 0 Å². The zero-order chi connectivity index (χ0) is 13.7. The monoisotopic (exact) mass is 247 g/mol. The van der Waals surface area contributed by atoms with Gasteiger partial charge in [-0.3, -0.25) is 4.79 Å². The molecule has 3 N–H and O–H groups in total. The van der Waals surface area contributed by atoms with E-state index in [-0.39, 0.29) is 5.92 Å². The summed E-state index contributed by atoms with van der Waals surface area (Å²) in [5.74, 6) is -1.22. The summed E-state index contributed by atoms with van der Waals surface area (Å²) in [5, 5.41) is 9.08. The van der Waals surface area contributed by atoms with E-state index in [0.717, 1.165) is 5.56 Å². The number of nitrogens with two attached hydrogens (primary N) is 1. The van der Waals surface area contributed by atoms with Gasteiger partial charge in [-0.05, 0) is 23.6 Å². The second-order valence-corrected chi connectivity index (χ2v) is 4.48. The van der Waals surface area contributed by atoms with Gasteiger partial charge >= 0.3 is 5.97 Å². The lowest BCUT2D eigenvalue weighted by Crippen LogP contribution is -2.11. The molecule has 0 fully saturated rings. The Labute approximate surface area is 106 Å². The fourth-order valence-electron chi connectivity index (χ4n) is 1.61. The Kier molecular flexibility index (Phi) is 4.66. The fourth-order valence-corrected chi connectivity index (χ4v) is 1.61. The Morgan fingerprint density at radius 1 is 1.28 bits per heavy atom. The number of hydrogen-bond acceptors (Lipinski definition) is 2. The maximum atomic E-state index is 11.1. The standard InChI is InChI=1S/C14H17NO3/c1-9(2)7-12(14(17)18)8-10-3-5-11(6-4-10)13(15)16/h3-7,9H,8H2,1-2H3,(H2,15,16)(H,17,18). The van der Waals surface area contributed by atoms with Gasteiger partial charge in [0.2, 0.25) is 5.91 Å². The molecule has 0 spiro atoms. The molecule has 4 heteroatoms. The van der Waals surface area contributed by atoms with Crippen LogP contribution in [0, 0.1) is 5.92 Å². The molecule has 0 aliphatic rings. The first-order valence-electron chi connectivity index (χ1n) is 5.73. The van der Waals surface area contributed by atoms with Gasteiger partial charge in [-0.2, -0.15) is 0 Å². The minimum absolute atomic E-state index is 0.181. The average molecular weight is 247 g/mol. The highest BCUT2D eigenvalue weighted by Crippen LogP contribution is 2.12. The van der Waals surface area contributed by atoms with E-state index in [1.807, 2.05) is 13.8 Å². The van der Waals surface area contributed by atoms with Crippen LogP contribution in [0.15, 0.2) is 35.9 Å². The maximum absolute atomic E-state index is 11.1. The van der Waals surface area contributed by atoms with E-state index in [2.05, 4.69) is 0 Å². The van der Waals surface area contributed by atoms with Crippen LogP contribution in [0.2, 0.25) is 0 Å².